The van der Waals surface area contributed by atoms with Crippen molar-refractivity contribution in [3.05, 3.63) is 35.1 Å². The highest BCUT2D eigenvalue weighted by atomic mass is 19.1. The third-order valence-electron chi connectivity index (χ3n) is 4.25. The molecule has 2 atom stereocenters. The van der Waals surface area contributed by atoms with Crippen LogP contribution in [0.1, 0.15) is 54.9 Å². The summed E-state index contributed by atoms with van der Waals surface area (Å²) in [6.45, 7) is 4.75. The molecule has 3 heteroatoms. The van der Waals surface area contributed by atoms with Crippen molar-refractivity contribution in [3.8, 4) is 0 Å². The average molecular weight is 277 g/mol. The Morgan fingerprint density at radius 3 is 2.90 bits per heavy atom. The fraction of sp³-hybridized carbons (Fsp3) is 0.588. The van der Waals surface area contributed by atoms with Gasteiger partial charge < -0.3 is 5.32 Å². The summed E-state index contributed by atoms with van der Waals surface area (Å²) in [6, 6.07) is 4.72. The van der Waals surface area contributed by atoms with Crippen LogP contribution in [0.3, 0.4) is 0 Å². The molecule has 0 aromatic heterocycles. The van der Waals surface area contributed by atoms with E-state index in [0.29, 0.717) is 12.5 Å². The van der Waals surface area contributed by atoms with Crippen molar-refractivity contribution in [2.24, 2.45) is 11.8 Å². The van der Waals surface area contributed by atoms with Gasteiger partial charge in [0.1, 0.15) is 5.82 Å². The first kappa shape index (κ1) is 15.0. The number of benzene rings is 1. The SMILES string of the molecule is Cc1ccc(C(=O)NCCC2CCCC(C)C2)c(F)c1. The summed E-state index contributed by atoms with van der Waals surface area (Å²) in [5, 5.41) is 2.84. The monoisotopic (exact) mass is 277 g/mol. The van der Waals surface area contributed by atoms with Gasteiger partial charge in [0, 0.05) is 6.54 Å². The van der Waals surface area contributed by atoms with Gasteiger partial charge in [0.05, 0.1) is 5.56 Å². The van der Waals surface area contributed by atoms with Gasteiger partial charge in [0.25, 0.3) is 5.91 Å². The zero-order chi connectivity index (χ0) is 14.5. The van der Waals surface area contributed by atoms with Crippen LogP contribution in [0.5, 0.6) is 0 Å². The van der Waals surface area contributed by atoms with Gasteiger partial charge >= 0.3 is 0 Å². The predicted molar refractivity (Wildman–Crippen MR) is 79.2 cm³/mol. The molecule has 110 valence electrons. The largest absolute Gasteiger partial charge is 0.352 e. The summed E-state index contributed by atoms with van der Waals surface area (Å²) in [7, 11) is 0. The minimum Gasteiger partial charge on any atom is -0.352 e. The smallest absolute Gasteiger partial charge is 0.254 e. The van der Waals surface area contributed by atoms with Gasteiger partial charge in [-0.15, -0.1) is 0 Å². The topological polar surface area (TPSA) is 29.1 Å². The van der Waals surface area contributed by atoms with E-state index in [9.17, 15) is 9.18 Å². The van der Waals surface area contributed by atoms with Crippen molar-refractivity contribution in [1.82, 2.24) is 5.32 Å². The number of hydrogen-bond donors (Lipinski definition) is 1. The third kappa shape index (κ3) is 4.06. The van der Waals surface area contributed by atoms with E-state index in [2.05, 4.69) is 12.2 Å². The molecule has 1 aromatic carbocycles. The summed E-state index contributed by atoms with van der Waals surface area (Å²) in [5.41, 5.74) is 0.975. The maximum Gasteiger partial charge on any atom is 0.254 e. The summed E-state index contributed by atoms with van der Waals surface area (Å²) in [6.07, 6.45) is 6.15. The second-order valence-corrected chi connectivity index (χ2v) is 6.17. The molecule has 1 fully saturated rings. The highest BCUT2D eigenvalue weighted by molar-refractivity contribution is 5.94. The van der Waals surface area contributed by atoms with Gasteiger partial charge in [-0.05, 0) is 49.3 Å². The van der Waals surface area contributed by atoms with E-state index >= 15 is 0 Å². The number of carbonyl (C=O) groups is 1. The van der Waals surface area contributed by atoms with Crippen LogP contribution in [0, 0.1) is 24.6 Å². The first-order valence-corrected chi connectivity index (χ1v) is 7.60. The minimum absolute atomic E-state index is 0.146. The molecule has 1 N–H and O–H groups in total. The highest BCUT2D eigenvalue weighted by Crippen LogP contribution is 2.30. The van der Waals surface area contributed by atoms with E-state index in [-0.39, 0.29) is 11.5 Å². The van der Waals surface area contributed by atoms with E-state index in [0.717, 1.165) is 17.9 Å². The lowest BCUT2D eigenvalue weighted by Gasteiger charge is -2.26. The molecule has 0 spiro atoms. The fourth-order valence-electron chi connectivity index (χ4n) is 3.11. The summed E-state index contributed by atoms with van der Waals surface area (Å²) >= 11 is 0. The van der Waals surface area contributed by atoms with Crippen molar-refractivity contribution in [3.63, 3.8) is 0 Å². The number of amides is 1. The van der Waals surface area contributed by atoms with Gasteiger partial charge in [-0.3, -0.25) is 4.79 Å². The summed E-state index contributed by atoms with van der Waals surface area (Å²) < 4.78 is 13.7. The number of aryl methyl sites for hydroxylation is 1. The Morgan fingerprint density at radius 1 is 1.40 bits per heavy atom. The van der Waals surface area contributed by atoms with Gasteiger partial charge in [0.15, 0.2) is 0 Å². The number of carbonyl (C=O) groups excluding carboxylic acids is 1. The van der Waals surface area contributed by atoms with Crippen molar-refractivity contribution in [1.29, 1.82) is 0 Å². The third-order valence-corrected chi connectivity index (χ3v) is 4.25. The van der Waals surface area contributed by atoms with Gasteiger partial charge in [-0.2, -0.15) is 0 Å². The molecule has 1 aliphatic rings. The second kappa shape index (κ2) is 6.87. The maximum atomic E-state index is 13.7. The summed E-state index contributed by atoms with van der Waals surface area (Å²) in [4.78, 5) is 11.9. The first-order valence-electron chi connectivity index (χ1n) is 7.60. The standard InChI is InChI=1S/C17H24FNO/c1-12-4-3-5-14(10-12)8-9-19-17(20)15-7-6-13(2)11-16(15)18/h6-7,11-12,14H,3-5,8-10H2,1-2H3,(H,19,20). The molecule has 2 nitrogen and oxygen atoms in total. The molecular weight excluding hydrogens is 253 g/mol. The van der Waals surface area contributed by atoms with E-state index in [1.54, 1.807) is 12.1 Å². The van der Waals surface area contributed by atoms with Gasteiger partial charge in [-0.25, -0.2) is 4.39 Å². The lowest BCUT2D eigenvalue weighted by Crippen LogP contribution is -2.27. The number of nitrogens with one attached hydrogen (secondary N) is 1. The van der Waals surface area contributed by atoms with Crippen LogP contribution < -0.4 is 5.32 Å². The number of halogens is 1. The lowest BCUT2D eigenvalue weighted by atomic mass is 9.81. The van der Waals surface area contributed by atoms with E-state index in [4.69, 9.17) is 0 Å². The van der Waals surface area contributed by atoms with Gasteiger partial charge in [0.2, 0.25) is 0 Å². The molecule has 0 bridgehead atoms. The second-order valence-electron chi connectivity index (χ2n) is 6.17. The number of rotatable bonds is 4. The Morgan fingerprint density at radius 2 is 2.20 bits per heavy atom. The van der Waals surface area contributed by atoms with E-state index < -0.39 is 5.82 Å². The zero-order valence-corrected chi connectivity index (χ0v) is 12.4. The molecule has 0 heterocycles. The Hall–Kier alpha value is -1.38. The van der Waals surface area contributed by atoms with Gasteiger partial charge in [-0.1, -0.05) is 32.3 Å². The van der Waals surface area contributed by atoms with E-state index in [1.165, 1.54) is 31.7 Å². The van der Waals surface area contributed by atoms with Crippen LogP contribution in [0.25, 0.3) is 0 Å². The predicted octanol–water partition coefficient (Wildman–Crippen LogP) is 4.08. The normalized spacial score (nSPS) is 22.6. The molecular formula is C17H24FNO. The van der Waals surface area contributed by atoms with Crippen molar-refractivity contribution < 1.29 is 9.18 Å². The first-order chi connectivity index (χ1) is 9.56. The Bertz CT molecular complexity index is 472. The number of hydrogen-bond acceptors (Lipinski definition) is 1. The quantitative estimate of drug-likeness (QED) is 0.882. The Kier molecular flexibility index (Phi) is 5.16. The molecule has 1 amide bonds. The summed E-state index contributed by atoms with van der Waals surface area (Å²) in [5.74, 6) is 0.779. The van der Waals surface area contributed by atoms with Crippen LogP contribution in [0.4, 0.5) is 4.39 Å². The molecule has 1 aliphatic carbocycles. The van der Waals surface area contributed by atoms with Crippen molar-refractivity contribution >= 4 is 5.91 Å². The average Bonchev–Trinajstić information content (AvgIpc) is 2.38. The lowest BCUT2D eigenvalue weighted by molar-refractivity contribution is 0.0945. The molecule has 0 radical (unpaired) electrons. The molecule has 0 saturated heterocycles. The van der Waals surface area contributed by atoms with Crippen molar-refractivity contribution in [2.45, 2.75) is 46.0 Å². The molecule has 20 heavy (non-hydrogen) atoms. The van der Waals surface area contributed by atoms with Crippen LogP contribution >= 0.6 is 0 Å². The fourth-order valence-corrected chi connectivity index (χ4v) is 3.11. The van der Waals surface area contributed by atoms with E-state index in [1.807, 2.05) is 6.92 Å². The minimum atomic E-state index is -0.436. The molecule has 1 aromatic rings. The molecule has 0 aliphatic heterocycles. The molecule has 1 saturated carbocycles. The molecule has 2 unspecified atom stereocenters. The van der Waals surface area contributed by atoms with Crippen LogP contribution in [-0.2, 0) is 0 Å². The van der Waals surface area contributed by atoms with Crippen LogP contribution in [-0.4, -0.2) is 12.5 Å². The van der Waals surface area contributed by atoms with Crippen molar-refractivity contribution in [2.75, 3.05) is 6.54 Å². The zero-order valence-electron chi connectivity index (χ0n) is 12.4. The van der Waals surface area contributed by atoms with Crippen LogP contribution in [0.15, 0.2) is 18.2 Å². The highest BCUT2D eigenvalue weighted by Gasteiger charge is 2.19. The maximum absolute atomic E-state index is 13.7. The molecule has 2 rings (SSSR count). The van der Waals surface area contributed by atoms with Crippen LogP contribution in [0.2, 0.25) is 0 Å². The Balaban J connectivity index is 1.80. The Labute approximate surface area is 120 Å².